The molecule has 3 heteroatoms. The van der Waals surface area contributed by atoms with Gasteiger partial charge in [-0.05, 0) is 61.2 Å². The zero-order valence-corrected chi connectivity index (χ0v) is 16.5. The molecule has 0 aromatic heterocycles. The Morgan fingerprint density at radius 2 is 1.59 bits per heavy atom. The monoisotopic (exact) mass is 364 g/mol. The van der Waals surface area contributed by atoms with Crippen LogP contribution in [-0.2, 0) is 16.0 Å². The summed E-state index contributed by atoms with van der Waals surface area (Å²) in [6, 6.07) is 16.1. The number of methoxy groups -OCH3 is 1. The molecule has 0 fully saturated rings. The second-order valence-corrected chi connectivity index (χ2v) is 6.70. The van der Waals surface area contributed by atoms with Crippen molar-refractivity contribution in [1.82, 2.24) is 0 Å². The van der Waals surface area contributed by atoms with Crippen LogP contribution in [0.25, 0.3) is 0 Å². The summed E-state index contributed by atoms with van der Waals surface area (Å²) < 4.78 is 10.4. The minimum atomic E-state index is 0.266. The number of hydrogen-bond donors (Lipinski definition) is 0. The Hall–Kier alpha value is -2.57. The molecule has 0 radical (unpaired) electrons. The predicted octanol–water partition coefficient (Wildman–Crippen LogP) is 4.66. The van der Waals surface area contributed by atoms with Gasteiger partial charge in [-0.15, -0.1) is 0 Å². The van der Waals surface area contributed by atoms with Crippen LogP contribution in [0.3, 0.4) is 0 Å². The lowest BCUT2D eigenvalue weighted by atomic mass is 9.95. The van der Waals surface area contributed by atoms with Crippen molar-refractivity contribution in [2.45, 2.75) is 33.1 Å². The molecule has 0 saturated carbocycles. The van der Waals surface area contributed by atoms with E-state index >= 15 is 0 Å². The second-order valence-electron chi connectivity index (χ2n) is 6.70. The lowest BCUT2D eigenvalue weighted by molar-refractivity contribution is -0.120. The number of ketones is 1. The first-order valence-corrected chi connectivity index (χ1v) is 9.45. The van der Waals surface area contributed by atoms with Crippen molar-refractivity contribution in [3.05, 3.63) is 65.2 Å². The predicted molar refractivity (Wildman–Crippen MR) is 109 cm³/mol. The average molecular weight is 364 g/mol. The summed E-state index contributed by atoms with van der Waals surface area (Å²) in [5.41, 5.74) is 3.18. The molecule has 0 saturated heterocycles. The number of carbonyl (C=O) groups excluding carboxylic acids is 1. The molecule has 2 rings (SSSR count). The summed E-state index contributed by atoms with van der Waals surface area (Å²) >= 11 is 0. The highest BCUT2D eigenvalue weighted by atomic mass is 16.5. The number of rotatable bonds is 9. The third kappa shape index (κ3) is 7.68. The smallest absolute Gasteiger partial charge is 0.135 e. The van der Waals surface area contributed by atoms with E-state index in [0.29, 0.717) is 32.0 Å². The van der Waals surface area contributed by atoms with Gasteiger partial charge in [-0.2, -0.15) is 0 Å². The van der Waals surface area contributed by atoms with Crippen LogP contribution in [0.2, 0.25) is 0 Å². The third-order valence-electron chi connectivity index (χ3n) is 4.22. The molecule has 1 unspecified atom stereocenters. The van der Waals surface area contributed by atoms with Crippen LogP contribution in [-0.4, -0.2) is 26.1 Å². The van der Waals surface area contributed by atoms with Gasteiger partial charge in [0.1, 0.15) is 11.5 Å². The van der Waals surface area contributed by atoms with Crippen molar-refractivity contribution in [2.75, 3.05) is 20.3 Å². The quantitative estimate of drug-likeness (QED) is 0.607. The van der Waals surface area contributed by atoms with Crippen molar-refractivity contribution < 1.29 is 14.3 Å². The number of ether oxygens (including phenoxy) is 2. The Morgan fingerprint density at radius 3 is 2.15 bits per heavy atom. The summed E-state index contributed by atoms with van der Waals surface area (Å²) in [7, 11) is 1.62. The van der Waals surface area contributed by atoms with Crippen molar-refractivity contribution in [3.63, 3.8) is 0 Å². The van der Waals surface area contributed by atoms with Crippen LogP contribution in [0.5, 0.6) is 5.75 Å². The van der Waals surface area contributed by atoms with E-state index in [-0.39, 0.29) is 5.78 Å². The molecule has 1 atom stereocenters. The zero-order chi connectivity index (χ0) is 19.5. The molecule has 0 aliphatic heterocycles. The van der Waals surface area contributed by atoms with E-state index in [1.807, 2.05) is 43.3 Å². The van der Waals surface area contributed by atoms with E-state index in [2.05, 4.69) is 30.9 Å². The van der Waals surface area contributed by atoms with Crippen LogP contribution in [0.15, 0.2) is 48.5 Å². The Balaban J connectivity index is 1.89. The van der Waals surface area contributed by atoms with Gasteiger partial charge in [0.15, 0.2) is 0 Å². The maximum absolute atomic E-state index is 11.8. The van der Waals surface area contributed by atoms with Crippen LogP contribution in [0, 0.1) is 17.8 Å². The van der Waals surface area contributed by atoms with Crippen LogP contribution >= 0.6 is 0 Å². The topological polar surface area (TPSA) is 35.5 Å². The summed E-state index contributed by atoms with van der Waals surface area (Å²) in [6.07, 6.45) is 1.99. The molecule has 0 bridgehead atoms. The molecule has 0 heterocycles. The summed E-state index contributed by atoms with van der Waals surface area (Å²) in [5.74, 6) is 7.82. The van der Waals surface area contributed by atoms with Gasteiger partial charge in [-0.25, -0.2) is 0 Å². The Labute approximate surface area is 162 Å². The molecule has 0 spiro atoms. The molecule has 2 aromatic rings. The minimum Gasteiger partial charge on any atom is -0.494 e. The second kappa shape index (κ2) is 11.2. The molecule has 3 nitrogen and oxygen atoms in total. The van der Waals surface area contributed by atoms with E-state index in [9.17, 15) is 4.79 Å². The molecular formula is C24H28O3. The average Bonchev–Trinajstić information content (AvgIpc) is 2.67. The van der Waals surface area contributed by atoms with Gasteiger partial charge in [0, 0.05) is 31.1 Å². The van der Waals surface area contributed by atoms with Crippen LogP contribution in [0.1, 0.15) is 43.4 Å². The maximum Gasteiger partial charge on any atom is 0.135 e. The minimum absolute atomic E-state index is 0.266. The normalized spacial score (nSPS) is 11.4. The summed E-state index contributed by atoms with van der Waals surface area (Å²) in [6.45, 7) is 5.26. The van der Waals surface area contributed by atoms with Gasteiger partial charge < -0.3 is 9.47 Å². The van der Waals surface area contributed by atoms with E-state index < -0.39 is 0 Å². The first kappa shape index (κ1) is 20.7. The molecule has 0 amide bonds. The van der Waals surface area contributed by atoms with E-state index in [1.165, 1.54) is 5.56 Å². The fourth-order valence-electron chi connectivity index (χ4n) is 2.85. The number of Topliss-reactive ketones (excluding diaryl/α,β-unsaturated/α-hetero) is 1. The fourth-order valence-corrected chi connectivity index (χ4v) is 2.85. The largest absolute Gasteiger partial charge is 0.494 e. The lowest BCUT2D eigenvalue weighted by Gasteiger charge is -2.10. The highest BCUT2D eigenvalue weighted by molar-refractivity contribution is 5.78. The molecule has 2 aromatic carbocycles. The Kier molecular flexibility index (Phi) is 8.61. The number of carbonyl (C=O) groups is 1. The van der Waals surface area contributed by atoms with E-state index in [1.54, 1.807) is 7.11 Å². The zero-order valence-electron chi connectivity index (χ0n) is 16.5. The van der Waals surface area contributed by atoms with Gasteiger partial charge in [-0.3, -0.25) is 4.79 Å². The molecule has 142 valence electrons. The van der Waals surface area contributed by atoms with Gasteiger partial charge in [0.2, 0.25) is 0 Å². The van der Waals surface area contributed by atoms with Crippen LogP contribution in [0.4, 0.5) is 0 Å². The van der Waals surface area contributed by atoms with Crippen molar-refractivity contribution in [3.8, 4) is 17.6 Å². The molecular weight excluding hydrogens is 336 g/mol. The Morgan fingerprint density at radius 1 is 1.00 bits per heavy atom. The molecule has 0 N–H and O–H groups in total. The van der Waals surface area contributed by atoms with Gasteiger partial charge in [0.05, 0.1) is 13.2 Å². The third-order valence-corrected chi connectivity index (χ3v) is 4.22. The summed E-state index contributed by atoms with van der Waals surface area (Å²) in [5, 5.41) is 0. The number of hydrogen-bond acceptors (Lipinski definition) is 3. The highest BCUT2D eigenvalue weighted by Crippen LogP contribution is 2.15. The maximum atomic E-state index is 11.8. The first-order chi connectivity index (χ1) is 13.1. The standard InChI is InChI=1S/C24H28O3/c1-4-27-24-13-11-21(12-14-24)6-5-20-7-9-22(10-8-20)17-19(2)18-23(25)15-16-26-3/h7-14,19H,4,15-18H2,1-3H3. The fraction of sp³-hybridized carbons (Fsp3) is 0.375. The summed E-state index contributed by atoms with van der Waals surface area (Å²) in [4.78, 5) is 11.8. The van der Waals surface area contributed by atoms with E-state index in [0.717, 1.165) is 23.3 Å². The molecule has 27 heavy (non-hydrogen) atoms. The van der Waals surface area contributed by atoms with Gasteiger partial charge in [0.25, 0.3) is 0 Å². The first-order valence-electron chi connectivity index (χ1n) is 9.45. The number of benzene rings is 2. The highest BCUT2D eigenvalue weighted by Gasteiger charge is 2.09. The van der Waals surface area contributed by atoms with Crippen molar-refractivity contribution in [2.24, 2.45) is 5.92 Å². The van der Waals surface area contributed by atoms with Crippen molar-refractivity contribution in [1.29, 1.82) is 0 Å². The lowest BCUT2D eigenvalue weighted by Crippen LogP contribution is -2.10. The van der Waals surface area contributed by atoms with Crippen molar-refractivity contribution >= 4 is 5.78 Å². The Bertz CT molecular complexity index is 764. The van der Waals surface area contributed by atoms with Crippen LogP contribution < -0.4 is 4.74 Å². The van der Waals surface area contributed by atoms with E-state index in [4.69, 9.17) is 9.47 Å². The molecule has 0 aliphatic carbocycles. The SMILES string of the molecule is CCOc1ccc(C#Cc2ccc(CC(C)CC(=O)CCOC)cc2)cc1. The molecule has 0 aliphatic rings. The van der Waals surface area contributed by atoms with Gasteiger partial charge in [-0.1, -0.05) is 30.9 Å². The van der Waals surface area contributed by atoms with Gasteiger partial charge >= 0.3 is 0 Å².